The summed E-state index contributed by atoms with van der Waals surface area (Å²) in [4.78, 5) is 0. The maximum absolute atomic E-state index is 2.55. The van der Waals surface area contributed by atoms with Crippen molar-refractivity contribution in [3.63, 3.8) is 0 Å². The molecule has 0 bridgehead atoms. The van der Waals surface area contributed by atoms with Crippen LogP contribution >= 0.6 is 22.6 Å². The number of alkyl halides is 1. The maximum Gasteiger partial charge on any atom is 0.0133 e. The van der Waals surface area contributed by atoms with Gasteiger partial charge in [0.05, 0.1) is 0 Å². The van der Waals surface area contributed by atoms with Crippen LogP contribution in [0.25, 0.3) is 0 Å². The lowest BCUT2D eigenvalue weighted by atomic mass is 10.1. The smallest absolute Gasteiger partial charge is 0.0133 e. The predicted octanol–water partition coefficient (Wildman–Crippen LogP) is 3.64. The van der Waals surface area contributed by atoms with Crippen molar-refractivity contribution in [2.24, 2.45) is 5.92 Å². The van der Waals surface area contributed by atoms with Crippen molar-refractivity contribution in [1.29, 1.82) is 0 Å². The third-order valence-electron chi connectivity index (χ3n) is 1.56. The Hall–Kier alpha value is 0.730. The third kappa shape index (κ3) is 5.19. The van der Waals surface area contributed by atoms with Crippen LogP contribution in [0, 0.1) is 5.92 Å². The number of unbranched alkanes of at least 4 members (excludes halogenated alkanes) is 1. The first-order chi connectivity index (χ1) is 4.18. The van der Waals surface area contributed by atoms with Crippen LogP contribution in [0.1, 0.15) is 40.0 Å². The molecule has 0 rings (SSSR count). The number of rotatable bonds is 4. The summed E-state index contributed by atoms with van der Waals surface area (Å²) in [7, 11) is 0. The Morgan fingerprint density at radius 1 is 1.33 bits per heavy atom. The van der Waals surface area contributed by atoms with Crippen LogP contribution in [-0.4, -0.2) is 3.92 Å². The summed E-state index contributed by atoms with van der Waals surface area (Å²) >= 11 is 2.55. The fourth-order valence-corrected chi connectivity index (χ4v) is 1.17. The van der Waals surface area contributed by atoms with E-state index in [1.54, 1.807) is 0 Å². The molecule has 0 amide bonds. The Morgan fingerprint density at radius 2 is 1.89 bits per heavy atom. The molecule has 56 valence electrons. The fourth-order valence-electron chi connectivity index (χ4n) is 0.732. The summed E-state index contributed by atoms with van der Waals surface area (Å²) in [5, 5.41) is 0. The third-order valence-corrected chi connectivity index (χ3v) is 3.62. The highest BCUT2D eigenvalue weighted by atomic mass is 127. The topological polar surface area (TPSA) is 0 Å². The van der Waals surface area contributed by atoms with Crippen LogP contribution in [-0.2, 0) is 0 Å². The second-order valence-electron chi connectivity index (χ2n) is 2.90. The van der Waals surface area contributed by atoms with Crippen LogP contribution in [0.15, 0.2) is 0 Å². The molecule has 1 unspecified atom stereocenters. The summed E-state index contributed by atoms with van der Waals surface area (Å²) in [6.07, 6.45) is 4.13. The van der Waals surface area contributed by atoms with Gasteiger partial charge < -0.3 is 0 Å². The summed E-state index contributed by atoms with van der Waals surface area (Å²) in [6.45, 7) is 6.85. The average molecular weight is 240 g/mol. The molecule has 0 fully saturated rings. The van der Waals surface area contributed by atoms with E-state index in [-0.39, 0.29) is 0 Å². The minimum atomic E-state index is 0.858. The van der Waals surface area contributed by atoms with Crippen LogP contribution in [0.3, 0.4) is 0 Å². The second-order valence-corrected chi connectivity index (χ2v) is 4.50. The molecule has 1 heteroatoms. The number of halogens is 1. The second kappa shape index (κ2) is 5.51. The van der Waals surface area contributed by atoms with E-state index in [0.29, 0.717) is 0 Å². The normalized spacial score (nSPS) is 14.3. The molecule has 0 aromatic carbocycles. The van der Waals surface area contributed by atoms with E-state index in [4.69, 9.17) is 0 Å². The molecule has 0 aromatic rings. The van der Waals surface area contributed by atoms with Crippen molar-refractivity contribution >= 4 is 22.6 Å². The van der Waals surface area contributed by atoms with Crippen molar-refractivity contribution in [1.82, 2.24) is 0 Å². The summed E-state index contributed by atoms with van der Waals surface area (Å²) < 4.78 is 0.891. The monoisotopic (exact) mass is 240 g/mol. The Balaban J connectivity index is 3.16. The van der Waals surface area contributed by atoms with Crippen LogP contribution < -0.4 is 0 Å². The minimum Gasteiger partial charge on any atom is -0.0823 e. The molecule has 1 atom stereocenters. The molecule has 0 saturated heterocycles. The molecule has 0 aliphatic heterocycles. The summed E-state index contributed by atoms with van der Waals surface area (Å²) in [5.41, 5.74) is 0. The molecule has 0 heterocycles. The van der Waals surface area contributed by atoms with E-state index in [0.717, 1.165) is 9.84 Å². The molecular formula is C8H17I. The van der Waals surface area contributed by atoms with Gasteiger partial charge in [-0.3, -0.25) is 0 Å². The van der Waals surface area contributed by atoms with E-state index < -0.39 is 0 Å². The van der Waals surface area contributed by atoms with Gasteiger partial charge in [0, 0.05) is 3.92 Å². The molecule has 0 spiro atoms. The molecule has 0 aromatic heterocycles. The SMILES string of the molecule is CCCCC(I)C(C)C. The largest absolute Gasteiger partial charge is 0.0823 e. The van der Waals surface area contributed by atoms with E-state index in [1.165, 1.54) is 19.3 Å². The summed E-state index contributed by atoms with van der Waals surface area (Å²) in [5.74, 6) is 0.858. The van der Waals surface area contributed by atoms with Gasteiger partial charge in [-0.05, 0) is 12.3 Å². The standard InChI is InChI=1S/C8H17I/c1-4-5-6-8(9)7(2)3/h7-8H,4-6H2,1-3H3. The van der Waals surface area contributed by atoms with Gasteiger partial charge in [0.25, 0.3) is 0 Å². The quantitative estimate of drug-likeness (QED) is 0.520. The zero-order valence-electron chi connectivity index (χ0n) is 6.65. The van der Waals surface area contributed by atoms with Gasteiger partial charge in [-0.15, -0.1) is 0 Å². The van der Waals surface area contributed by atoms with Crippen molar-refractivity contribution in [2.75, 3.05) is 0 Å². The molecule has 0 saturated carbocycles. The first kappa shape index (κ1) is 9.73. The van der Waals surface area contributed by atoms with Gasteiger partial charge in [-0.2, -0.15) is 0 Å². The van der Waals surface area contributed by atoms with E-state index in [1.807, 2.05) is 0 Å². The van der Waals surface area contributed by atoms with Gasteiger partial charge in [0.2, 0.25) is 0 Å². The number of hydrogen-bond acceptors (Lipinski definition) is 0. The molecule has 0 nitrogen and oxygen atoms in total. The predicted molar refractivity (Wildman–Crippen MR) is 52.2 cm³/mol. The van der Waals surface area contributed by atoms with Gasteiger partial charge >= 0.3 is 0 Å². The van der Waals surface area contributed by atoms with Crippen molar-refractivity contribution in [2.45, 2.75) is 44.0 Å². The number of hydrogen-bond donors (Lipinski definition) is 0. The van der Waals surface area contributed by atoms with Crippen LogP contribution in [0.2, 0.25) is 0 Å². The van der Waals surface area contributed by atoms with Crippen LogP contribution in [0.5, 0.6) is 0 Å². The van der Waals surface area contributed by atoms with Gasteiger partial charge in [-0.25, -0.2) is 0 Å². The van der Waals surface area contributed by atoms with Gasteiger partial charge in [0.1, 0.15) is 0 Å². The molecule has 0 aliphatic rings. The molecular weight excluding hydrogens is 223 g/mol. The first-order valence-corrected chi connectivity index (χ1v) is 5.07. The molecule has 0 N–H and O–H groups in total. The lowest BCUT2D eigenvalue weighted by Gasteiger charge is -2.11. The van der Waals surface area contributed by atoms with Crippen molar-refractivity contribution < 1.29 is 0 Å². The summed E-state index contributed by atoms with van der Waals surface area (Å²) in [6, 6.07) is 0. The Labute approximate surface area is 72.6 Å². The first-order valence-electron chi connectivity index (χ1n) is 3.82. The molecule has 9 heavy (non-hydrogen) atoms. The highest BCUT2D eigenvalue weighted by Crippen LogP contribution is 2.18. The van der Waals surface area contributed by atoms with E-state index in [9.17, 15) is 0 Å². The van der Waals surface area contributed by atoms with E-state index >= 15 is 0 Å². The van der Waals surface area contributed by atoms with Crippen LogP contribution in [0.4, 0.5) is 0 Å². The fraction of sp³-hybridized carbons (Fsp3) is 1.00. The molecule has 0 aliphatic carbocycles. The van der Waals surface area contributed by atoms with Gasteiger partial charge in [-0.1, -0.05) is 56.2 Å². The Morgan fingerprint density at radius 3 is 2.22 bits per heavy atom. The molecule has 0 radical (unpaired) electrons. The maximum atomic E-state index is 2.55. The Bertz CT molecular complexity index is 59.6. The van der Waals surface area contributed by atoms with Crippen molar-refractivity contribution in [3.8, 4) is 0 Å². The van der Waals surface area contributed by atoms with E-state index in [2.05, 4.69) is 43.4 Å². The minimum absolute atomic E-state index is 0.858. The van der Waals surface area contributed by atoms with Crippen molar-refractivity contribution in [3.05, 3.63) is 0 Å². The Kier molecular flexibility index (Phi) is 5.96. The van der Waals surface area contributed by atoms with Gasteiger partial charge in [0.15, 0.2) is 0 Å². The highest BCUT2D eigenvalue weighted by Gasteiger charge is 2.06. The highest BCUT2D eigenvalue weighted by molar-refractivity contribution is 14.1. The lowest BCUT2D eigenvalue weighted by molar-refractivity contribution is 0.568. The lowest BCUT2D eigenvalue weighted by Crippen LogP contribution is -2.05. The average Bonchev–Trinajstić information content (AvgIpc) is 1.82. The zero-order valence-corrected chi connectivity index (χ0v) is 8.81. The zero-order chi connectivity index (χ0) is 7.28.